The van der Waals surface area contributed by atoms with Gasteiger partial charge in [0.1, 0.15) is 5.75 Å². The molecule has 0 aliphatic rings. The topological polar surface area (TPSA) is 67.4 Å². The Morgan fingerprint density at radius 3 is 2.11 bits per heavy atom. The Balaban J connectivity index is 1.90. The number of aryl methyl sites for hydroxylation is 2. The average molecular weight is 368 g/mol. The lowest BCUT2D eigenvalue weighted by Crippen LogP contribution is -2.47. The molecular weight excluding hydrogens is 340 g/mol. The number of hydrogen-bond acceptors (Lipinski definition) is 3. The number of benzene rings is 2. The number of nitrogens with one attached hydrogen (secondary N) is 2. The summed E-state index contributed by atoms with van der Waals surface area (Å²) in [5, 5.41) is 0. The van der Waals surface area contributed by atoms with Crippen molar-refractivity contribution in [2.75, 3.05) is 0 Å². The van der Waals surface area contributed by atoms with Crippen molar-refractivity contribution >= 4 is 11.8 Å². The number of carbonyl (C=O) groups excluding carboxylic acids is 2. The van der Waals surface area contributed by atoms with E-state index in [0.717, 1.165) is 16.7 Å². The van der Waals surface area contributed by atoms with E-state index in [1.54, 1.807) is 19.1 Å². The number of rotatable bonds is 4. The molecule has 2 aromatic rings. The Kier molecular flexibility index (Phi) is 6.26. The van der Waals surface area contributed by atoms with Crippen LogP contribution in [0.5, 0.6) is 5.75 Å². The minimum absolute atomic E-state index is 0.0182. The molecule has 2 aromatic carbocycles. The summed E-state index contributed by atoms with van der Waals surface area (Å²) in [7, 11) is 0. The molecule has 2 N–H and O–H groups in total. The van der Waals surface area contributed by atoms with E-state index in [1.165, 1.54) is 0 Å². The van der Waals surface area contributed by atoms with Crippen LogP contribution in [0.4, 0.5) is 0 Å². The van der Waals surface area contributed by atoms with Crippen molar-refractivity contribution in [3.63, 3.8) is 0 Å². The lowest BCUT2D eigenvalue weighted by atomic mass is 9.87. The Morgan fingerprint density at radius 1 is 0.926 bits per heavy atom. The number of hydrazine groups is 1. The molecule has 27 heavy (non-hydrogen) atoms. The van der Waals surface area contributed by atoms with Crippen LogP contribution in [0, 0.1) is 13.8 Å². The van der Waals surface area contributed by atoms with Crippen molar-refractivity contribution in [1.82, 2.24) is 10.9 Å². The summed E-state index contributed by atoms with van der Waals surface area (Å²) in [4.78, 5) is 24.4. The average Bonchev–Trinajstić information content (AvgIpc) is 2.61. The summed E-state index contributed by atoms with van der Waals surface area (Å²) < 4.78 is 5.64. The van der Waals surface area contributed by atoms with Crippen molar-refractivity contribution in [1.29, 1.82) is 0 Å². The van der Waals surface area contributed by atoms with Crippen LogP contribution in [-0.4, -0.2) is 17.9 Å². The zero-order valence-electron chi connectivity index (χ0n) is 16.8. The minimum Gasteiger partial charge on any atom is -0.481 e. The highest BCUT2D eigenvalue weighted by Gasteiger charge is 2.17. The Morgan fingerprint density at radius 2 is 1.56 bits per heavy atom. The Hall–Kier alpha value is -2.82. The predicted octanol–water partition coefficient (Wildman–Crippen LogP) is 3.83. The maximum Gasteiger partial charge on any atom is 0.279 e. The van der Waals surface area contributed by atoms with Gasteiger partial charge in [0.05, 0.1) is 0 Å². The third kappa shape index (κ3) is 5.58. The number of amides is 2. The summed E-state index contributed by atoms with van der Waals surface area (Å²) in [6, 6.07) is 13.0. The van der Waals surface area contributed by atoms with Gasteiger partial charge in [0.25, 0.3) is 11.8 Å². The van der Waals surface area contributed by atoms with Crippen LogP contribution in [0.3, 0.4) is 0 Å². The van der Waals surface area contributed by atoms with Gasteiger partial charge >= 0.3 is 0 Å². The van der Waals surface area contributed by atoms with Crippen LogP contribution in [0.1, 0.15) is 54.7 Å². The maximum atomic E-state index is 12.2. The van der Waals surface area contributed by atoms with Gasteiger partial charge < -0.3 is 4.74 Å². The molecule has 0 saturated heterocycles. The molecule has 0 heterocycles. The van der Waals surface area contributed by atoms with Crippen LogP contribution in [0.25, 0.3) is 0 Å². The lowest BCUT2D eigenvalue weighted by molar-refractivity contribution is -0.128. The molecule has 0 aliphatic carbocycles. The fraction of sp³-hybridized carbons (Fsp3) is 0.364. The summed E-state index contributed by atoms with van der Waals surface area (Å²) >= 11 is 0. The van der Waals surface area contributed by atoms with Crippen molar-refractivity contribution in [2.24, 2.45) is 0 Å². The highest BCUT2D eigenvalue weighted by Crippen LogP contribution is 2.22. The largest absolute Gasteiger partial charge is 0.481 e. The van der Waals surface area contributed by atoms with E-state index < -0.39 is 12.0 Å². The molecule has 0 aliphatic heterocycles. The molecule has 2 amide bonds. The minimum atomic E-state index is -0.740. The van der Waals surface area contributed by atoms with Crippen LogP contribution < -0.4 is 15.6 Å². The SMILES string of the molecule is Cc1ccc(OC(C)C(=O)NNC(=O)c2ccc(C(C)(C)C)cc2)cc1C. The fourth-order valence-electron chi connectivity index (χ4n) is 2.46. The number of hydrogen-bond donors (Lipinski definition) is 2. The van der Waals surface area contributed by atoms with Crippen molar-refractivity contribution in [2.45, 2.75) is 53.1 Å². The van der Waals surface area contributed by atoms with Gasteiger partial charge in [-0.3, -0.25) is 20.4 Å². The number of carbonyl (C=O) groups is 2. The van der Waals surface area contributed by atoms with E-state index in [9.17, 15) is 9.59 Å². The molecular formula is C22H28N2O3. The second kappa shape index (κ2) is 8.25. The summed E-state index contributed by atoms with van der Waals surface area (Å²) in [6.45, 7) is 12.0. The van der Waals surface area contributed by atoms with Gasteiger partial charge in [0.2, 0.25) is 0 Å². The van der Waals surface area contributed by atoms with Crippen molar-refractivity contribution < 1.29 is 14.3 Å². The predicted molar refractivity (Wildman–Crippen MR) is 107 cm³/mol. The summed E-state index contributed by atoms with van der Waals surface area (Å²) in [6.07, 6.45) is -0.740. The lowest BCUT2D eigenvalue weighted by Gasteiger charge is -2.19. The smallest absolute Gasteiger partial charge is 0.279 e. The first-order valence-electron chi connectivity index (χ1n) is 9.02. The second-order valence-corrected chi connectivity index (χ2v) is 7.78. The first-order chi connectivity index (χ1) is 12.6. The quantitative estimate of drug-likeness (QED) is 0.806. The normalized spacial score (nSPS) is 12.2. The first-order valence-corrected chi connectivity index (χ1v) is 9.02. The summed E-state index contributed by atoms with van der Waals surface area (Å²) in [5.41, 5.74) is 8.71. The standard InChI is InChI=1S/C22H28N2O3/c1-14-7-12-19(13-15(14)2)27-16(3)20(25)23-24-21(26)17-8-10-18(11-9-17)22(4,5)6/h7-13,16H,1-6H3,(H,23,25)(H,24,26). The molecule has 5 heteroatoms. The van der Waals surface area contributed by atoms with E-state index in [4.69, 9.17) is 4.74 Å². The van der Waals surface area contributed by atoms with Gasteiger partial charge in [-0.15, -0.1) is 0 Å². The molecule has 1 unspecified atom stereocenters. The fourth-order valence-corrected chi connectivity index (χ4v) is 2.46. The van der Waals surface area contributed by atoms with Gasteiger partial charge in [-0.25, -0.2) is 0 Å². The summed E-state index contributed by atoms with van der Waals surface area (Å²) in [5.74, 6) is -0.181. The molecule has 0 fully saturated rings. The number of ether oxygens (including phenoxy) is 1. The highest BCUT2D eigenvalue weighted by atomic mass is 16.5. The van der Waals surface area contributed by atoms with Crippen molar-refractivity contribution in [3.8, 4) is 5.75 Å². The molecule has 0 spiro atoms. The molecule has 0 aromatic heterocycles. The molecule has 1 atom stereocenters. The third-order valence-corrected chi connectivity index (χ3v) is 4.47. The van der Waals surface area contributed by atoms with Gasteiger partial charge in [-0.1, -0.05) is 39.0 Å². The maximum absolute atomic E-state index is 12.2. The molecule has 144 valence electrons. The van der Waals surface area contributed by atoms with E-state index >= 15 is 0 Å². The second-order valence-electron chi connectivity index (χ2n) is 7.78. The Bertz CT molecular complexity index is 820. The van der Waals surface area contributed by atoms with E-state index in [1.807, 2.05) is 44.2 Å². The van der Waals surface area contributed by atoms with Crippen LogP contribution in [0.15, 0.2) is 42.5 Å². The molecule has 0 bridgehead atoms. The Labute approximate surface area is 161 Å². The first kappa shape index (κ1) is 20.5. The monoisotopic (exact) mass is 368 g/mol. The third-order valence-electron chi connectivity index (χ3n) is 4.47. The van der Waals surface area contributed by atoms with Crippen molar-refractivity contribution in [3.05, 3.63) is 64.7 Å². The molecule has 0 radical (unpaired) electrons. The van der Waals surface area contributed by atoms with Gasteiger partial charge in [0, 0.05) is 5.56 Å². The van der Waals surface area contributed by atoms with Gasteiger partial charge in [-0.2, -0.15) is 0 Å². The van der Waals surface area contributed by atoms with E-state index in [2.05, 4.69) is 31.6 Å². The zero-order valence-corrected chi connectivity index (χ0v) is 16.8. The highest BCUT2D eigenvalue weighted by molar-refractivity contribution is 5.95. The van der Waals surface area contributed by atoms with Crippen LogP contribution >= 0.6 is 0 Å². The van der Waals surface area contributed by atoms with Crippen LogP contribution in [0.2, 0.25) is 0 Å². The molecule has 0 saturated carbocycles. The van der Waals surface area contributed by atoms with E-state index in [-0.39, 0.29) is 11.3 Å². The van der Waals surface area contributed by atoms with Gasteiger partial charge in [0.15, 0.2) is 6.10 Å². The molecule has 2 rings (SSSR count). The van der Waals surface area contributed by atoms with E-state index in [0.29, 0.717) is 11.3 Å². The van der Waals surface area contributed by atoms with Crippen LogP contribution in [-0.2, 0) is 10.2 Å². The van der Waals surface area contributed by atoms with Gasteiger partial charge in [-0.05, 0) is 67.1 Å². The molecule has 5 nitrogen and oxygen atoms in total. The zero-order chi connectivity index (χ0) is 20.2.